The van der Waals surface area contributed by atoms with E-state index in [-0.39, 0.29) is 11.8 Å². The summed E-state index contributed by atoms with van der Waals surface area (Å²) in [6.45, 7) is 1.73. The van der Waals surface area contributed by atoms with Crippen LogP contribution in [0.3, 0.4) is 0 Å². The molecule has 0 aliphatic carbocycles. The summed E-state index contributed by atoms with van der Waals surface area (Å²) in [6, 6.07) is 6.50. The molecule has 0 radical (unpaired) electrons. The Hall–Kier alpha value is -1.14. The molecule has 1 fully saturated rings. The molecular formula is C13H16F2N2OS. The van der Waals surface area contributed by atoms with Gasteiger partial charge < -0.3 is 10.6 Å². The third kappa shape index (κ3) is 4.47. The van der Waals surface area contributed by atoms with E-state index in [0.29, 0.717) is 22.3 Å². The predicted molar refractivity (Wildman–Crippen MR) is 72.5 cm³/mol. The molecule has 1 aliphatic heterocycles. The maximum absolute atomic E-state index is 12.2. The minimum absolute atomic E-state index is 0.00997. The zero-order valence-electron chi connectivity index (χ0n) is 10.4. The van der Waals surface area contributed by atoms with Gasteiger partial charge in [-0.2, -0.15) is 8.78 Å². The lowest BCUT2D eigenvalue weighted by molar-refractivity contribution is -0.120. The lowest BCUT2D eigenvalue weighted by Crippen LogP contribution is -2.34. The second-order valence-corrected chi connectivity index (χ2v) is 5.48. The van der Waals surface area contributed by atoms with Gasteiger partial charge in [0.2, 0.25) is 5.91 Å². The van der Waals surface area contributed by atoms with Crippen molar-refractivity contribution < 1.29 is 13.6 Å². The van der Waals surface area contributed by atoms with Crippen LogP contribution in [0.15, 0.2) is 29.2 Å². The van der Waals surface area contributed by atoms with Gasteiger partial charge in [-0.25, -0.2) is 0 Å². The highest BCUT2D eigenvalue weighted by atomic mass is 32.2. The van der Waals surface area contributed by atoms with Crippen LogP contribution in [0.1, 0.15) is 12.8 Å². The second kappa shape index (κ2) is 6.86. The van der Waals surface area contributed by atoms with Crippen LogP contribution in [0.5, 0.6) is 0 Å². The lowest BCUT2D eigenvalue weighted by atomic mass is 9.97. The summed E-state index contributed by atoms with van der Waals surface area (Å²) in [6.07, 6.45) is 1.68. The van der Waals surface area contributed by atoms with Crippen molar-refractivity contribution in [2.75, 3.05) is 18.4 Å². The molecular weight excluding hydrogens is 270 g/mol. The molecule has 104 valence electrons. The van der Waals surface area contributed by atoms with Gasteiger partial charge in [0.1, 0.15) is 0 Å². The van der Waals surface area contributed by atoms with Crippen LogP contribution in [-0.2, 0) is 4.79 Å². The number of halogens is 2. The minimum Gasteiger partial charge on any atom is -0.326 e. The van der Waals surface area contributed by atoms with E-state index in [1.807, 2.05) is 0 Å². The summed E-state index contributed by atoms with van der Waals surface area (Å²) in [7, 11) is 0. The Bertz CT molecular complexity index is 419. The summed E-state index contributed by atoms with van der Waals surface area (Å²) in [5.74, 6) is -2.37. The number of anilines is 1. The van der Waals surface area contributed by atoms with Gasteiger partial charge in [-0.15, -0.1) is 0 Å². The van der Waals surface area contributed by atoms with Gasteiger partial charge >= 0.3 is 0 Å². The van der Waals surface area contributed by atoms with Crippen molar-refractivity contribution in [2.24, 2.45) is 5.92 Å². The number of piperidine rings is 1. The Balaban J connectivity index is 1.89. The van der Waals surface area contributed by atoms with Gasteiger partial charge in [0.25, 0.3) is 5.76 Å². The lowest BCUT2D eigenvalue weighted by Gasteiger charge is -2.21. The number of thioether (sulfide) groups is 1. The molecule has 1 amide bonds. The molecule has 0 spiro atoms. The topological polar surface area (TPSA) is 41.1 Å². The number of rotatable bonds is 4. The van der Waals surface area contributed by atoms with Gasteiger partial charge in [0.05, 0.1) is 0 Å². The highest BCUT2D eigenvalue weighted by Crippen LogP contribution is 2.26. The molecule has 1 aromatic carbocycles. The van der Waals surface area contributed by atoms with Crippen LogP contribution in [0, 0.1) is 5.92 Å². The van der Waals surface area contributed by atoms with E-state index in [1.54, 1.807) is 24.3 Å². The largest absolute Gasteiger partial charge is 0.326 e. The molecule has 2 N–H and O–H groups in total. The first-order chi connectivity index (χ1) is 9.15. The van der Waals surface area contributed by atoms with Crippen LogP contribution in [0.4, 0.5) is 14.5 Å². The zero-order valence-corrected chi connectivity index (χ0v) is 11.2. The second-order valence-electron chi connectivity index (χ2n) is 4.42. The molecule has 0 bridgehead atoms. The van der Waals surface area contributed by atoms with Crippen LogP contribution >= 0.6 is 11.8 Å². The van der Waals surface area contributed by atoms with Crippen LogP contribution < -0.4 is 10.6 Å². The maximum Gasteiger partial charge on any atom is 0.288 e. The van der Waals surface area contributed by atoms with Gasteiger partial charge in [-0.05, 0) is 50.2 Å². The van der Waals surface area contributed by atoms with Crippen molar-refractivity contribution in [1.82, 2.24) is 5.32 Å². The number of hydrogen-bond donors (Lipinski definition) is 2. The molecule has 0 atom stereocenters. The van der Waals surface area contributed by atoms with Crippen molar-refractivity contribution in [3.05, 3.63) is 24.3 Å². The van der Waals surface area contributed by atoms with Gasteiger partial charge in [0, 0.05) is 16.5 Å². The summed E-state index contributed by atoms with van der Waals surface area (Å²) < 4.78 is 24.3. The van der Waals surface area contributed by atoms with E-state index in [4.69, 9.17) is 0 Å². The summed E-state index contributed by atoms with van der Waals surface area (Å²) in [5, 5.41) is 6.03. The van der Waals surface area contributed by atoms with E-state index < -0.39 is 5.76 Å². The fraction of sp³-hybridized carbons (Fsp3) is 0.462. The Labute approximate surface area is 115 Å². The number of alkyl halides is 2. The first-order valence-electron chi connectivity index (χ1n) is 6.21. The molecule has 0 saturated carbocycles. The highest BCUT2D eigenvalue weighted by molar-refractivity contribution is 7.99. The molecule has 3 nitrogen and oxygen atoms in total. The van der Waals surface area contributed by atoms with Crippen molar-refractivity contribution in [1.29, 1.82) is 0 Å². The molecule has 1 aliphatic rings. The summed E-state index contributed by atoms with van der Waals surface area (Å²) in [5.41, 5.74) is 0.655. The number of carbonyl (C=O) groups is 1. The normalized spacial score (nSPS) is 16.6. The van der Waals surface area contributed by atoms with E-state index in [0.717, 1.165) is 25.9 Å². The summed E-state index contributed by atoms with van der Waals surface area (Å²) in [4.78, 5) is 12.5. The Kier molecular flexibility index (Phi) is 5.15. The molecule has 1 aromatic rings. The van der Waals surface area contributed by atoms with Crippen LogP contribution in [-0.4, -0.2) is 24.8 Å². The Morgan fingerprint density at radius 1 is 1.26 bits per heavy atom. The molecule has 0 aromatic heterocycles. The number of carbonyl (C=O) groups excluding carboxylic acids is 1. The van der Waals surface area contributed by atoms with Crippen molar-refractivity contribution in [3.63, 3.8) is 0 Å². The smallest absolute Gasteiger partial charge is 0.288 e. The highest BCUT2D eigenvalue weighted by Gasteiger charge is 2.20. The number of benzene rings is 1. The first-order valence-corrected chi connectivity index (χ1v) is 7.09. The minimum atomic E-state index is -2.42. The van der Waals surface area contributed by atoms with Crippen molar-refractivity contribution in [2.45, 2.75) is 23.5 Å². The number of hydrogen-bond acceptors (Lipinski definition) is 3. The van der Waals surface area contributed by atoms with Gasteiger partial charge in [0.15, 0.2) is 0 Å². The van der Waals surface area contributed by atoms with Crippen LogP contribution in [0.25, 0.3) is 0 Å². The fourth-order valence-corrected chi connectivity index (χ4v) is 2.55. The van der Waals surface area contributed by atoms with E-state index >= 15 is 0 Å². The van der Waals surface area contributed by atoms with E-state index in [2.05, 4.69) is 10.6 Å². The standard InChI is InChI=1S/C13H16F2N2OS/c14-13(15)19-11-3-1-10(2-4-11)17-12(18)9-5-7-16-8-6-9/h1-4,9,13,16H,5-8H2,(H,17,18). The molecule has 1 heterocycles. The number of amides is 1. The van der Waals surface area contributed by atoms with E-state index in [1.165, 1.54) is 0 Å². The Morgan fingerprint density at radius 2 is 1.89 bits per heavy atom. The average Bonchev–Trinajstić information content (AvgIpc) is 2.41. The van der Waals surface area contributed by atoms with Crippen LogP contribution in [0.2, 0.25) is 0 Å². The number of nitrogens with one attached hydrogen (secondary N) is 2. The van der Waals surface area contributed by atoms with Crippen molar-refractivity contribution in [3.8, 4) is 0 Å². The van der Waals surface area contributed by atoms with E-state index in [9.17, 15) is 13.6 Å². The molecule has 1 saturated heterocycles. The Morgan fingerprint density at radius 3 is 2.47 bits per heavy atom. The monoisotopic (exact) mass is 286 g/mol. The third-order valence-corrected chi connectivity index (χ3v) is 3.78. The SMILES string of the molecule is O=C(Nc1ccc(SC(F)F)cc1)C1CCNCC1. The molecule has 0 unspecified atom stereocenters. The van der Waals surface area contributed by atoms with Crippen molar-refractivity contribution >= 4 is 23.4 Å². The fourth-order valence-electron chi connectivity index (χ4n) is 2.05. The molecule has 2 rings (SSSR count). The molecule has 6 heteroatoms. The van der Waals surface area contributed by atoms with Gasteiger partial charge in [-0.3, -0.25) is 4.79 Å². The maximum atomic E-state index is 12.2. The first kappa shape index (κ1) is 14.3. The van der Waals surface area contributed by atoms with Gasteiger partial charge in [-0.1, -0.05) is 11.8 Å². The predicted octanol–water partition coefficient (Wildman–Crippen LogP) is 2.94. The third-order valence-electron chi connectivity index (χ3n) is 3.06. The quantitative estimate of drug-likeness (QED) is 0.836. The average molecular weight is 286 g/mol. The zero-order chi connectivity index (χ0) is 13.7. The summed E-state index contributed by atoms with van der Waals surface area (Å²) >= 11 is 0.500. The molecule has 19 heavy (non-hydrogen) atoms.